The molecule has 20 heavy (non-hydrogen) atoms. The second-order valence-corrected chi connectivity index (χ2v) is 5.00. The molecule has 2 amide bonds. The molecule has 1 N–H and O–H groups in total. The second kappa shape index (κ2) is 7.65. The van der Waals surface area contributed by atoms with E-state index in [0.29, 0.717) is 26.2 Å². The van der Waals surface area contributed by atoms with Gasteiger partial charge >= 0.3 is 0 Å². The van der Waals surface area contributed by atoms with Crippen LogP contribution in [-0.2, 0) is 16.0 Å². The Kier molecular flexibility index (Phi) is 5.55. The second-order valence-electron chi connectivity index (χ2n) is 5.00. The SMILES string of the molecule is O=CN1CCN(CC(=O)NCCc2ccccc2)CC1. The lowest BCUT2D eigenvalue weighted by Crippen LogP contribution is -2.49. The van der Waals surface area contributed by atoms with E-state index in [2.05, 4.69) is 22.3 Å². The van der Waals surface area contributed by atoms with Crippen LogP contribution in [0.15, 0.2) is 30.3 Å². The molecule has 1 aliphatic heterocycles. The predicted octanol–water partition coefficient (Wildman–Crippen LogP) is 0.119. The minimum Gasteiger partial charge on any atom is -0.355 e. The topological polar surface area (TPSA) is 52.7 Å². The van der Waals surface area contributed by atoms with Crippen LogP contribution in [0.1, 0.15) is 5.56 Å². The molecule has 1 aromatic rings. The fraction of sp³-hybridized carbons (Fsp3) is 0.467. The summed E-state index contributed by atoms with van der Waals surface area (Å²) in [6.07, 6.45) is 1.72. The predicted molar refractivity (Wildman–Crippen MR) is 77.2 cm³/mol. The molecule has 0 aromatic heterocycles. The van der Waals surface area contributed by atoms with Crippen molar-refractivity contribution in [3.63, 3.8) is 0 Å². The summed E-state index contributed by atoms with van der Waals surface area (Å²) in [5.41, 5.74) is 1.23. The van der Waals surface area contributed by atoms with Crippen LogP contribution in [0.3, 0.4) is 0 Å². The van der Waals surface area contributed by atoms with Crippen molar-refractivity contribution < 1.29 is 9.59 Å². The molecule has 1 aromatic carbocycles. The fourth-order valence-corrected chi connectivity index (χ4v) is 2.28. The number of rotatable bonds is 6. The van der Waals surface area contributed by atoms with Crippen molar-refractivity contribution >= 4 is 12.3 Å². The van der Waals surface area contributed by atoms with Crippen molar-refractivity contribution in [3.05, 3.63) is 35.9 Å². The molecule has 0 radical (unpaired) electrons. The molecule has 0 atom stereocenters. The molecule has 1 saturated heterocycles. The van der Waals surface area contributed by atoms with Crippen LogP contribution in [0.2, 0.25) is 0 Å². The Balaban J connectivity index is 1.62. The average Bonchev–Trinajstić information content (AvgIpc) is 2.49. The monoisotopic (exact) mass is 275 g/mol. The zero-order valence-electron chi connectivity index (χ0n) is 11.6. The van der Waals surface area contributed by atoms with Gasteiger partial charge in [-0.3, -0.25) is 14.5 Å². The van der Waals surface area contributed by atoms with Crippen molar-refractivity contribution in [2.75, 3.05) is 39.3 Å². The van der Waals surface area contributed by atoms with Crippen LogP contribution in [0.25, 0.3) is 0 Å². The van der Waals surface area contributed by atoms with Crippen LogP contribution in [0.4, 0.5) is 0 Å². The number of nitrogens with one attached hydrogen (secondary N) is 1. The van der Waals surface area contributed by atoms with E-state index in [0.717, 1.165) is 25.9 Å². The number of amides is 2. The van der Waals surface area contributed by atoms with Gasteiger partial charge in [-0.1, -0.05) is 30.3 Å². The summed E-state index contributed by atoms with van der Waals surface area (Å²) >= 11 is 0. The lowest BCUT2D eigenvalue weighted by Gasteiger charge is -2.31. The maximum absolute atomic E-state index is 11.8. The minimum atomic E-state index is 0.0560. The number of hydrogen-bond donors (Lipinski definition) is 1. The van der Waals surface area contributed by atoms with Crippen molar-refractivity contribution in [3.8, 4) is 0 Å². The molecule has 0 unspecified atom stereocenters. The molecule has 1 fully saturated rings. The van der Waals surface area contributed by atoms with Gasteiger partial charge in [-0.25, -0.2) is 0 Å². The Hall–Kier alpha value is -1.88. The van der Waals surface area contributed by atoms with Crippen molar-refractivity contribution in [1.29, 1.82) is 0 Å². The van der Waals surface area contributed by atoms with E-state index in [1.54, 1.807) is 4.90 Å². The van der Waals surface area contributed by atoms with Crippen LogP contribution in [-0.4, -0.2) is 61.4 Å². The molecular weight excluding hydrogens is 254 g/mol. The van der Waals surface area contributed by atoms with E-state index in [-0.39, 0.29) is 5.91 Å². The number of carbonyl (C=O) groups is 2. The third-order valence-corrected chi connectivity index (χ3v) is 3.50. The van der Waals surface area contributed by atoms with E-state index >= 15 is 0 Å². The van der Waals surface area contributed by atoms with Crippen LogP contribution in [0.5, 0.6) is 0 Å². The van der Waals surface area contributed by atoms with Gasteiger partial charge in [-0.05, 0) is 12.0 Å². The number of piperazine rings is 1. The normalized spacial score (nSPS) is 15.9. The summed E-state index contributed by atoms with van der Waals surface area (Å²) in [4.78, 5) is 26.2. The van der Waals surface area contributed by atoms with E-state index in [1.807, 2.05) is 18.2 Å². The van der Waals surface area contributed by atoms with Crippen LogP contribution in [0, 0.1) is 0 Å². The Morgan fingerprint density at radius 1 is 1.15 bits per heavy atom. The molecule has 0 spiro atoms. The Bertz CT molecular complexity index is 428. The first kappa shape index (κ1) is 14.5. The number of benzene rings is 1. The smallest absolute Gasteiger partial charge is 0.234 e. The van der Waals surface area contributed by atoms with Gasteiger partial charge in [-0.15, -0.1) is 0 Å². The molecule has 1 aliphatic rings. The van der Waals surface area contributed by atoms with Crippen LogP contribution >= 0.6 is 0 Å². The summed E-state index contributed by atoms with van der Waals surface area (Å²) in [6.45, 7) is 4.04. The largest absolute Gasteiger partial charge is 0.355 e. The zero-order valence-corrected chi connectivity index (χ0v) is 11.6. The summed E-state index contributed by atoms with van der Waals surface area (Å²) in [5.74, 6) is 0.0560. The van der Waals surface area contributed by atoms with Gasteiger partial charge in [0.25, 0.3) is 0 Å². The summed E-state index contributed by atoms with van der Waals surface area (Å²) in [5, 5.41) is 2.94. The van der Waals surface area contributed by atoms with Crippen molar-refractivity contribution in [1.82, 2.24) is 15.1 Å². The highest BCUT2D eigenvalue weighted by Gasteiger charge is 2.17. The summed E-state index contributed by atoms with van der Waals surface area (Å²) < 4.78 is 0. The quantitative estimate of drug-likeness (QED) is 0.750. The number of hydrogen-bond acceptors (Lipinski definition) is 3. The van der Waals surface area contributed by atoms with Gasteiger partial charge in [0.1, 0.15) is 0 Å². The Morgan fingerprint density at radius 2 is 1.85 bits per heavy atom. The Morgan fingerprint density at radius 3 is 2.50 bits per heavy atom. The Labute approximate surface area is 119 Å². The third kappa shape index (κ3) is 4.66. The first-order valence-electron chi connectivity index (χ1n) is 7.00. The average molecular weight is 275 g/mol. The molecule has 5 nitrogen and oxygen atoms in total. The molecule has 5 heteroatoms. The van der Waals surface area contributed by atoms with E-state index < -0.39 is 0 Å². The standard InChI is InChI=1S/C15H21N3O2/c19-13-18-10-8-17(9-11-18)12-15(20)16-7-6-14-4-2-1-3-5-14/h1-5,13H,6-12H2,(H,16,20). The lowest BCUT2D eigenvalue weighted by molar-refractivity contribution is -0.123. The van der Waals surface area contributed by atoms with Gasteiger partial charge < -0.3 is 10.2 Å². The van der Waals surface area contributed by atoms with E-state index in [1.165, 1.54) is 5.56 Å². The molecule has 0 saturated carbocycles. The first-order chi connectivity index (χ1) is 9.78. The van der Waals surface area contributed by atoms with Gasteiger partial charge in [0.15, 0.2) is 0 Å². The van der Waals surface area contributed by atoms with Crippen molar-refractivity contribution in [2.45, 2.75) is 6.42 Å². The highest BCUT2D eigenvalue weighted by Crippen LogP contribution is 2.00. The number of nitrogens with zero attached hydrogens (tertiary/aromatic N) is 2. The number of carbonyl (C=O) groups excluding carboxylic acids is 2. The maximum atomic E-state index is 11.8. The molecule has 108 valence electrons. The summed E-state index contributed by atoms with van der Waals surface area (Å²) in [7, 11) is 0. The van der Waals surface area contributed by atoms with Gasteiger partial charge in [0.2, 0.25) is 12.3 Å². The molecule has 1 heterocycles. The molecule has 0 bridgehead atoms. The van der Waals surface area contributed by atoms with Gasteiger partial charge in [0, 0.05) is 32.7 Å². The van der Waals surface area contributed by atoms with Crippen LogP contribution < -0.4 is 5.32 Å². The summed E-state index contributed by atoms with van der Waals surface area (Å²) in [6, 6.07) is 10.1. The zero-order chi connectivity index (χ0) is 14.2. The third-order valence-electron chi connectivity index (χ3n) is 3.50. The first-order valence-corrected chi connectivity index (χ1v) is 7.00. The maximum Gasteiger partial charge on any atom is 0.234 e. The fourth-order valence-electron chi connectivity index (χ4n) is 2.28. The molecule has 0 aliphatic carbocycles. The van der Waals surface area contributed by atoms with Crippen molar-refractivity contribution in [2.24, 2.45) is 0 Å². The van der Waals surface area contributed by atoms with E-state index in [4.69, 9.17) is 0 Å². The highest BCUT2D eigenvalue weighted by atomic mass is 16.2. The lowest BCUT2D eigenvalue weighted by atomic mass is 10.1. The van der Waals surface area contributed by atoms with Gasteiger partial charge in [0.05, 0.1) is 6.54 Å². The van der Waals surface area contributed by atoms with Gasteiger partial charge in [-0.2, -0.15) is 0 Å². The molecular formula is C15H21N3O2. The highest BCUT2D eigenvalue weighted by molar-refractivity contribution is 5.78. The van der Waals surface area contributed by atoms with E-state index in [9.17, 15) is 9.59 Å². The molecule has 2 rings (SSSR count). The minimum absolute atomic E-state index is 0.0560.